The van der Waals surface area contributed by atoms with Gasteiger partial charge in [-0.25, -0.2) is 9.97 Å². The summed E-state index contributed by atoms with van der Waals surface area (Å²) in [5.41, 5.74) is 11.7. The Hall–Kier alpha value is -3.64. The van der Waals surface area contributed by atoms with Gasteiger partial charge < -0.3 is 21.7 Å². The summed E-state index contributed by atoms with van der Waals surface area (Å²) in [7, 11) is 0. The molecule has 0 unspecified atom stereocenters. The van der Waals surface area contributed by atoms with Crippen molar-refractivity contribution in [2.24, 2.45) is 4.99 Å². The van der Waals surface area contributed by atoms with Gasteiger partial charge >= 0.3 is 0 Å². The number of amidine groups is 1. The van der Waals surface area contributed by atoms with E-state index in [1.807, 2.05) is 30.3 Å². The van der Waals surface area contributed by atoms with Crippen molar-refractivity contribution in [3.8, 4) is 11.8 Å². The third-order valence-electron chi connectivity index (χ3n) is 5.65. The second kappa shape index (κ2) is 8.85. The molecule has 2 aliphatic heterocycles. The predicted octanol–water partition coefficient (Wildman–Crippen LogP) is 1.63. The van der Waals surface area contributed by atoms with Crippen molar-refractivity contribution < 1.29 is 9.59 Å². The van der Waals surface area contributed by atoms with E-state index in [1.54, 1.807) is 4.90 Å². The van der Waals surface area contributed by atoms with Gasteiger partial charge in [-0.15, -0.1) is 0 Å². The fourth-order valence-electron chi connectivity index (χ4n) is 3.85. The third-order valence-corrected chi connectivity index (χ3v) is 5.92. The number of hydrogen-bond acceptors (Lipinski definition) is 7. The number of benzene rings is 1. The van der Waals surface area contributed by atoms with Crippen LogP contribution in [0.1, 0.15) is 41.7 Å². The Kier molecular flexibility index (Phi) is 5.97. The number of carbonyl (C=O) groups is 2. The zero-order valence-corrected chi connectivity index (χ0v) is 18.0. The molecule has 9 nitrogen and oxygen atoms in total. The maximum atomic E-state index is 12.5. The minimum Gasteiger partial charge on any atom is -0.382 e. The minimum atomic E-state index is -0.531. The van der Waals surface area contributed by atoms with E-state index < -0.39 is 5.91 Å². The molecule has 5 N–H and O–H groups in total. The lowest BCUT2D eigenvalue weighted by atomic mass is 9.86. The van der Waals surface area contributed by atoms with E-state index in [2.05, 4.69) is 27.1 Å². The van der Waals surface area contributed by atoms with Crippen LogP contribution in [0.25, 0.3) is 0 Å². The summed E-state index contributed by atoms with van der Waals surface area (Å²) < 4.78 is 0. The third kappa shape index (κ3) is 4.65. The number of likely N-dealkylation sites (tertiary alicyclic amines) is 1. The molecule has 1 spiro atoms. The lowest BCUT2D eigenvalue weighted by molar-refractivity contribution is -0.126. The van der Waals surface area contributed by atoms with Crippen LogP contribution in [0.15, 0.2) is 35.3 Å². The van der Waals surface area contributed by atoms with Crippen molar-refractivity contribution in [3.05, 3.63) is 46.7 Å². The SMILES string of the molecule is Nc1nc(N)c(C(=O)NC2=NC3(CC2)CCN(C(=O)C#Cc2ccccc2)CC3)nc1Cl. The van der Waals surface area contributed by atoms with Crippen LogP contribution >= 0.6 is 11.6 Å². The Bertz CT molecular complexity index is 1150. The van der Waals surface area contributed by atoms with Crippen LogP contribution in [0.4, 0.5) is 11.6 Å². The van der Waals surface area contributed by atoms with Crippen LogP contribution in [-0.4, -0.2) is 51.1 Å². The first-order chi connectivity index (χ1) is 15.3. The van der Waals surface area contributed by atoms with E-state index in [4.69, 9.17) is 28.1 Å². The van der Waals surface area contributed by atoms with Gasteiger partial charge in [0.15, 0.2) is 22.5 Å². The number of nitrogen functional groups attached to an aromatic ring is 2. The number of nitrogens with two attached hydrogens (primary N) is 2. The number of hydrogen-bond donors (Lipinski definition) is 3. The fourth-order valence-corrected chi connectivity index (χ4v) is 3.98. The summed E-state index contributed by atoms with van der Waals surface area (Å²) in [5, 5.41) is 2.67. The molecule has 0 bridgehead atoms. The maximum absolute atomic E-state index is 12.5. The van der Waals surface area contributed by atoms with Crippen molar-refractivity contribution in [1.82, 2.24) is 20.2 Å². The average molecular weight is 452 g/mol. The van der Waals surface area contributed by atoms with E-state index in [-0.39, 0.29) is 33.9 Å². The minimum absolute atomic E-state index is 0.0346. The molecule has 32 heavy (non-hydrogen) atoms. The zero-order valence-electron chi connectivity index (χ0n) is 17.3. The van der Waals surface area contributed by atoms with Gasteiger partial charge in [-0.3, -0.25) is 14.6 Å². The first kappa shape index (κ1) is 21.6. The predicted molar refractivity (Wildman–Crippen MR) is 122 cm³/mol. The standard InChI is InChI=1S/C22H22ClN7O2/c23-18-20(25)28-19(24)17(27-18)21(32)26-15-8-9-22(29-15)10-12-30(13-11-22)16(31)7-6-14-4-2-1-3-5-14/h1-5H,8-13H2,(H4,24,25,28)(H,26,29,32). The Morgan fingerprint density at radius 3 is 2.50 bits per heavy atom. The van der Waals surface area contributed by atoms with Crippen LogP contribution < -0.4 is 16.8 Å². The zero-order chi connectivity index (χ0) is 22.7. The molecule has 4 rings (SSSR count). The highest BCUT2D eigenvalue weighted by Crippen LogP contribution is 2.35. The highest BCUT2D eigenvalue weighted by atomic mass is 35.5. The topological polar surface area (TPSA) is 140 Å². The summed E-state index contributed by atoms with van der Waals surface area (Å²) >= 11 is 5.85. The fraction of sp³-hybridized carbons (Fsp3) is 0.318. The van der Waals surface area contributed by atoms with Crippen molar-refractivity contribution in [2.45, 2.75) is 31.2 Å². The molecule has 3 heterocycles. The van der Waals surface area contributed by atoms with Crippen LogP contribution in [0.3, 0.4) is 0 Å². The molecular formula is C22H22ClN7O2. The molecule has 164 valence electrons. The van der Waals surface area contributed by atoms with Crippen LogP contribution in [-0.2, 0) is 4.79 Å². The number of rotatable bonds is 1. The van der Waals surface area contributed by atoms with Gasteiger partial charge in [-0.2, -0.15) is 0 Å². The Balaban J connectivity index is 1.36. The number of aliphatic imine (C=N–C) groups is 1. The van der Waals surface area contributed by atoms with E-state index in [0.717, 1.165) is 12.0 Å². The molecule has 1 aromatic carbocycles. The molecule has 2 aromatic rings. The second-order valence-corrected chi connectivity index (χ2v) is 8.14. The van der Waals surface area contributed by atoms with Gasteiger partial charge in [0.1, 0.15) is 5.84 Å². The van der Waals surface area contributed by atoms with E-state index in [0.29, 0.717) is 38.2 Å². The average Bonchev–Trinajstić information content (AvgIpc) is 3.17. The number of anilines is 2. The number of halogens is 1. The lowest BCUT2D eigenvalue weighted by Gasteiger charge is -2.36. The van der Waals surface area contributed by atoms with Crippen molar-refractivity contribution in [2.75, 3.05) is 24.6 Å². The summed E-state index contributed by atoms with van der Waals surface area (Å²) in [6, 6.07) is 9.41. The van der Waals surface area contributed by atoms with E-state index >= 15 is 0 Å². The monoisotopic (exact) mass is 451 g/mol. The van der Waals surface area contributed by atoms with E-state index in [9.17, 15) is 9.59 Å². The Morgan fingerprint density at radius 1 is 1.06 bits per heavy atom. The molecule has 1 saturated heterocycles. The van der Waals surface area contributed by atoms with Gasteiger partial charge in [0.2, 0.25) is 0 Å². The molecule has 0 aliphatic carbocycles. The quantitative estimate of drug-likeness (QED) is 0.563. The van der Waals surface area contributed by atoms with Gasteiger partial charge in [-0.05, 0) is 31.4 Å². The number of piperidine rings is 1. The summed E-state index contributed by atoms with van der Waals surface area (Å²) in [4.78, 5) is 39.2. The van der Waals surface area contributed by atoms with Gasteiger partial charge in [0, 0.05) is 31.0 Å². The van der Waals surface area contributed by atoms with Crippen molar-refractivity contribution in [1.29, 1.82) is 0 Å². The smallest absolute Gasteiger partial charge is 0.298 e. The number of amides is 2. The van der Waals surface area contributed by atoms with Crippen molar-refractivity contribution in [3.63, 3.8) is 0 Å². The maximum Gasteiger partial charge on any atom is 0.298 e. The number of carbonyl (C=O) groups excluding carboxylic acids is 2. The van der Waals surface area contributed by atoms with Gasteiger partial charge in [0.25, 0.3) is 11.8 Å². The molecule has 2 amide bonds. The normalized spacial score (nSPS) is 16.8. The highest BCUT2D eigenvalue weighted by molar-refractivity contribution is 6.31. The first-order valence-corrected chi connectivity index (χ1v) is 10.6. The molecule has 1 fully saturated rings. The molecule has 1 aromatic heterocycles. The van der Waals surface area contributed by atoms with Crippen LogP contribution in [0, 0.1) is 11.8 Å². The molecule has 0 saturated carbocycles. The first-order valence-electron chi connectivity index (χ1n) is 10.2. The summed E-state index contributed by atoms with van der Waals surface area (Å²) in [6.07, 6.45) is 2.83. The van der Waals surface area contributed by atoms with Crippen molar-refractivity contribution >= 4 is 40.9 Å². The summed E-state index contributed by atoms with van der Waals surface area (Å²) in [6.45, 7) is 1.14. The molecule has 0 atom stereocenters. The molecule has 0 radical (unpaired) electrons. The van der Waals surface area contributed by atoms with Crippen LogP contribution in [0.2, 0.25) is 5.15 Å². The van der Waals surface area contributed by atoms with Gasteiger partial charge in [-0.1, -0.05) is 35.7 Å². The Labute approximate surface area is 190 Å². The number of aromatic nitrogens is 2. The molecule has 2 aliphatic rings. The highest BCUT2D eigenvalue weighted by Gasteiger charge is 2.39. The van der Waals surface area contributed by atoms with E-state index in [1.165, 1.54) is 0 Å². The van der Waals surface area contributed by atoms with Crippen LogP contribution in [0.5, 0.6) is 0 Å². The Morgan fingerprint density at radius 2 is 1.78 bits per heavy atom. The molecular weight excluding hydrogens is 430 g/mol. The molecule has 10 heteroatoms. The second-order valence-electron chi connectivity index (χ2n) is 7.78. The number of nitrogens with one attached hydrogen (secondary N) is 1. The van der Waals surface area contributed by atoms with Gasteiger partial charge in [0.05, 0.1) is 5.54 Å². The number of nitrogens with zero attached hydrogens (tertiary/aromatic N) is 4. The largest absolute Gasteiger partial charge is 0.382 e. The summed E-state index contributed by atoms with van der Waals surface area (Å²) in [5.74, 6) is 5.33. The lowest BCUT2D eigenvalue weighted by Crippen LogP contribution is -2.44.